The lowest BCUT2D eigenvalue weighted by atomic mass is 10.2. The summed E-state index contributed by atoms with van der Waals surface area (Å²) in [6, 6.07) is 11.1. The number of anilines is 1. The van der Waals surface area contributed by atoms with Gasteiger partial charge in [0.1, 0.15) is 5.82 Å². The van der Waals surface area contributed by atoms with E-state index in [0.29, 0.717) is 14.8 Å². The largest absolute Gasteiger partial charge is 0.321 e. The number of carbonyl (C=O) groups excluding carboxylic acids is 1. The Morgan fingerprint density at radius 2 is 2.00 bits per heavy atom. The first kappa shape index (κ1) is 13.4. The van der Waals surface area contributed by atoms with Gasteiger partial charge in [0.05, 0.1) is 5.69 Å². The van der Waals surface area contributed by atoms with Gasteiger partial charge in [-0.15, -0.1) is 12.6 Å². The van der Waals surface area contributed by atoms with Gasteiger partial charge in [-0.2, -0.15) is 0 Å². The van der Waals surface area contributed by atoms with Gasteiger partial charge in [0.15, 0.2) is 0 Å². The van der Waals surface area contributed by atoms with Gasteiger partial charge >= 0.3 is 0 Å². The number of amides is 1. The highest BCUT2D eigenvalue weighted by Gasteiger charge is 2.08. The van der Waals surface area contributed by atoms with E-state index in [1.807, 2.05) is 22.6 Å². The number of benzene rings is 2. The number of halogens is 2. The number of thiol groups is 1. The Balaban J connectivity index is 2.21. The average molecular weight is 373 g/mol. The van der Waals surface area contributed by atoms with Crippen molar-refractivity contribution in [3.63, 3.8) is 0 Å². The topological polar surface area (TPSA) is 29.1 Å². The first-order valence-corrected chi connectivity index (χ1v) is 6.64. The zero-order valence-electron chi connectivity index (χ0n) is 9.15. The van der Waals surface area contributed by atoms with Crippen molar-refractivity contribution in [1.82, 2.24) is 0 Å². The maximum atomic E-state index is 12.9. The van der Waals surface area contributed by atoms with Crippen LogP contribution in [0.3, 0.4) is 0 Å². The predicted molar refractivity (Wildman–Crippen MR) is 80.8 cm³/mol. The summed E-state index contributed by atoms with van der Waals surface area (Å²) in [5.74, 6) is -0.565. The van der Waals surface area contributed by atoms with E-state index in [0.717, 1.165) is 4.90 Å². The Morgan fingerprint density at radius 3 is 2.67 bits per heavy atom. The smallest absolute Gasteiger partial charge is 0.255 e. The van der Waals surface area contributed by atoms with E-state index in [9.17, 15) is 9.18 Å². The van der Waals surface area contributed by atoms with Crippen molar-refractivity contribution >= 4 is 46.8 Å². The Morgan fingerprint density at radius 1 is 1.22 bits per heavy atom. The number of hydrogen-bond acceptors (Lipinski definition) is 2. The number of carbonyl (C=O) groups is 1. The molecule has 0 aliphatic heterocycles. The van der Waals surface area contributed by atoms with Crippen LogP contribution in [0, 0.1) is 9.39 Å². The standard InChI is InChI=1S/C13H9FINOS/c14-9-4-5-12(11(15)7-9)16-13(17)8-2-1-3-10(18)6-8/h1-7,18H,(H,16,17). The third kappa shape index (κ3) is 3.23. The molecule has 5 heteroatoms. The van der Waals surface area contributed by atoms with E-state index >= 15 is 0 Å². The summed E-state index contributed by atoms with van der Waals surface area (Å²) in [5.41, 5.74) is 1.11. The molecular weight excluding hydrogens is 364 g/mol. The summed E-state index contributed by atoms with van der Waals surface area (Å²) in [5, 5.41) is 2.73. The molecular formula is C13H9FINOS. The third-order valence-electron chi connectivity index (χ3n) is 2.29. The van der Waals surface area contributed by atoms with Crippen LogP contribution in [0.25, 0.3) is 0 Å². The fourth-order valence-electron chi connectivity index (χ4n) is 1.43. The molecule has 2 aromatic rings. The second kappa shape index (κ2) is 5.71. The molecule has 0 saturated carbocycles. The summed E-state index contributed by atoms with van der Waals surface area (Å²) in [6.07, 6.45) is 0. The van der Waals surface area contributed by atoms with Crippen LogP contribution in [0.4, 0.5) is 10.1 Å². The van der Waals surface area contributed by atoms with Crippen molar-refractivity contribution in [3.05, 3.63) is 57.4 Å². The van der Waals surface area contributed by atoms with Crippen LogP contribution in [-0.2, 0) is 0 Å². The van der Waals surface area contributed by atoms with Crippen LogP contribution in [0.15, 0.2) is 47.4 Å². The molecule has 2 rings (SSSR count). The summed E-state index contributed by atoms with van der Waals surface area (Å²) in [7, 11) is 0. The van der Waals surface area contributed by atoms with Crippen molar-refractivity contribution in [2.45, 2.75) is 4.90 Å². The van der Waals surface area contributed by atoms with Crippen molar-refractivity contribution in [2.24, 2.45) is 0 Å². The fourth-order valence-corrected chi connectivity index (χ4v) is 2.27. The van der Waals surface area contributed by atoms with Crippen LogP contribution < -0.4 is 5.32 Å². The predicted octanol–water partition coefficient (Wildman–Crippen LogP) is 3.97. The minimum atomic E-state index is -0.324. The van der Waals surface area contributed by atoms with Crippen LogP contribution in [0.2, 0.25) is 0 Å². The normalized spacial score (nSPS) is 10.2. The molecule has 0 spiro atoms. The first-order valence-electron chi connectivity index (χ1n) is 5.12. The number of hydrogen-bond donors (Lipinski definition) is 2. The van der Waals surface area contributed by atoms with Crippen molar-refractivity contribution in [3.8, 4) is 0 Å². The lowest BCUT2D eigenvalue weighted by Gasteiger charge is -2.07. The Labute approximate surface area is 123 Å². The molecule has 0 bridgehead atoms. The highest BCUT2D eigenvalue weighted by atomic mass is 127. The fraction of sp³-hybridized carbons (Fsp3) is 0. The Hall–Kier alpha value is -1.08. The van der Waals surface area contributed by atoms with Crippen LogP contribution in [0.5, 0.6) is 0 Å². The highest BCUT2D eigenvalue weighted by molar-refractivity contribution is 14.1. The minimum absolute atomic E-state index is 0.240. The second-order valence-electron chi connectivity index (χ2n) is 3.63. The number of nitrogens with one attached hydrogen (secondary N) is 1. The summed E-state index contributed by atoms with van der Waals surface area (Å²) < 4.78 is 13.6. The minimum Gasteiger partial charge on any atom is -0.321 e. The summed E-state index contributed by atoms with van der Waals surface area (Å²) in [4.78, 5) is 12.7. The molecule has 0 aliphatic carbocycles. The quantitative estimate of drug-likeness (QED) is 0.606. The zero-order valence-corrected chi connectivity index (χ0v) is 12.2. The Bertz CT molecular complexity index is 603. The van der Waals surface area contributed by atoms with E-state index in [-0.39, 0.29) is 11.7 Å². The summed E-state index contributed by atoms with van der Waals surface area (Å²) in [6.45, 7) is 0. The molecule has 0 fully saturated rings. The average Bonchev–Trinajstić information content (AvgIpc) is 2.32. The zero-order chi connectivity index (χ0) is 13.1. The maximum absolute atomic E-state index is 12.9. The lowest BCUT2D eigenvalue weighted by Crippen LogP contribution is -2.12. The van der Waals surface area contributed by atoms with Gasteiger partial charge in [0.2, 0.25) is 0 Å². The van der Waals surface area contributed by atoms with Gasteiger partial charge in [-0.3, -0.25) is 4.79 Å². The van der Waals surface area contributed by atoms with E-state index in [1.54, 1.807) is 30.3 Å². The van der Waals surface area contributed by atoms with Gasteiger partial charge in [-0.05, 0) is 59.0 Å². The van der Waals surface area contributed by atoms with Gasteiger partial charge < -0.3 is 5.32 Å². The van der Waals surface area contributed by atoms with E-state index in [4.69, 9.17) is 0 Å². The van der Waals surface area contributed by atoms with Crippen LogP contribution in [0.1, 0.15) is 10.4 Å². The molecule has 18 heavy (non-hydrogen) atoms. The van der Waals surface area contributed by atoms with Crippen LogP contribution >= 0.6 is 35.2 Å². The SMILES string of the molecule is O=C(Nc1ccc(F)cc1I)c1cccc(S)c1. The highest BCUT2D eigenvalue weighted by Crippen LogP contribution is 2.20. The van der Waals surface area contributed by atoms with E-state index in [2.05, 4.69) is 17.9 Å². The molecule has 0 aromatic heterocycles. The maximum Gasteiger partial charge on any atom is 0.255 e. The molecule has 1 amide bonds. The molecule has 0 unspecified atom stereocenters. The Kier molecular flexibility index (Phi) is 4.23. The molecule has 0 aliphatic rings. The monoisotopic (exact) mass is 373 g/mol. The van der Waals surface area contributed by atoms with Crippen LogP contribution in [-0.4, -0.2) is 5.91 Å². The van der Waals surface area contributed by atoms with E-state index in [1.165, 1.54) is 12.1 Å². The summed E-state index contributed by atoms with van der Waals surface area (Å²) >= 11 is 6.15. The molecule has 0 radical (unpaired) electrons. The molecule has 1 N–H and O–H groups in total. The van der Waals surface area contributed by atoms with Crippen molar-refractivity contribution in [2.75, 3.05) is 5.32 Å². The molecule has 0 atom stereocenters. The molecule has 0 heterocycles. The van der Waals surface area contributed by atoms with Crippen molar-refractivity contribution < 1.29 is 9.18 Å². The molecule has 0 saturated heterocycles. The second-order valence-corrected chi connectivity index (χ2v) is 5.31. The van der Waals surface area contributed by atoms with Gasteiger partial charge in [-0.1, -0.05) is 6.07 Å². The molecule has 2 nitrogen and oxygen atoms in total. The number of rotatable bonds is 2. The van der Waals surface area contributed by atoms with E-state index < -0.39 is 0 Å². The third-order valence-corrected chi connectivity index (χ3v) is 3.46. The molecule has 92 valence electrons. The van der Waals surface area contributed by atoms with Crippen molar-refractivity contribution in [1.29, 1.82) is 0 Å². The van der Waals surface area contributed by atoms with Gasteiger partial charge in [0, 0.05) is 14.0 Å². The molecule has 2 aromatic carbocycles. The van der Waals surface area contributed by atoms with Gasteiger partial charge in [-0.25, -0.2) is 4.39 Å². The lowest BCUT2D eigenvalue weighted by molar-refractivity contribution is 0.102. The van der Waals surface area contributed by atoms with Gasteiger partial charge in [0.25, 0.3) is 5.91 Å². The first-order chi connectivity index (χ1) is 8.56.